The van der Waals surface area contributed by atoms with Crippen molar-refractivity contribution >= 4 is 6.08 Å². The standard InChI is InChI=1S/C15H16.C2H6/c1-2-14-10-6-7-11-15(14)12-13-8-4-3-5-9-13;1-2/h2,4,6-11H,1,3,5,12H2;1-2H3. The zero-order valence-electron chi connectivity index (χ0n) is 10.9. The maximum absolute atomic E-state index is 3.85. The Morgan fingerprint density at radius 2 is 1.94 bits per heavy atom. The monoisotopic (exact) mass is 226 g/mol. The summed E-state index contributed by atoms with van der Waals surface area (Å²) in [5.41, 5.74) is 4.04. The Morgan fingerprint density at radius 3 is 2.59 bits per heavy atom. The SMILES string of the molecule is C=Cc1ccccc1CC1=CCCC=C1.CC. The van der Waals surface area contributed by atoms with Gasteiger partial charge in [-0.3, -0.25) is 0 Å². The Balaban J connectivity index is 0.000000686. The Kier molecular flexibility index (Phi) is 6.09. The highest BCUT2D eigenvalue weighted by molar-refractivity contribution is 5.53. The van der Waals surface area contributed by atoms with Gasteiger partial charge in [-0.25, -0.2) is 0 Å². The van der Waals surface area contributed by atoms with Gasteiger partial charge < -0.3 is 0 Å². The molecule has 0 aliphatic heterocycles. The van der Waals surface area contributed by atoms with Crippen LogP contribution < -0.4 is 0 Å². The normalized spacial score (nSPS) is 13.4. The second-order valence-corrected chi connectivity index (χ2v) is 3.84. The summed E-state index contributed by atoms with van der Waals surface area (Å²) < 4.78 is 0. The molecule has 0 bridgehead atoms. The molecule has 1 aliphatic carbocycles. The Morgan fingerprint density at radius 1 is 1.18 bits per heavy atom. The molecule has 2 rings (SSSR count). The van der Waals surface area contributed by atoms with Gasteiger partial charge in [0.1, 0.15) is 0 Å². The lowest BCUT2D eigenvalue weighted by Crippen LogP contribution is -1.93. The van der Waals surface area contributed by atoms with E-state index in [1.54, 1.807) is 0 Å². The first kappa shape index (κ1) is 13.5. The average Bonchev–Trinajstić information content (AvgIpc) is 2.43. The molecular weight excluding hydrogens is 204 g/mol. The number of rotatable bonds is 3. The maximum Gasteiger partial charge on any atom is -0.00231 e. The smallest absolute Gasteiger partial charge is 0.00231 e. The lowest BCUT2D eigenvalue weighted by molar-refractivity contribution is 0.993. The lowest BCUT2D eigenvalue weighted by atomic mass is 9.96. The molecule has 0 amide bonds. The summed E-state index contributed by atoms with van der Waals surface area (Å²) in [5.74, 6) is 0. The van der Waals surface area contributed by atoms with Crippen molar-refractivity contribution in [3.8, 4) is 0 Å². The summed E-state index contributed by atoms with van der Waals surface area (Å²) in [5, 5.41) is 0. The topological polar surface area (TPSA) is 0 Å². The van der Waals surface area contributed by atoms with E-state index in [2.05, 4.69) is 49.1 Å². The zero-order valence-corrected chi connectivity index (χ0v) is 10.9. The van der Waals surface area contributed by atoms with Gasteiger partial charge in [0.15, 0.2) is 0 Å². The molecule has 0 saturated carbocycles. The molecule has 1 aromatic rings. The van der Waals surface area contributed by atoms with Gasteiger partial charge in [0.05, 0.1) is 0 Å². The molecule has 17 heavy (non-hydrogen) atoms. The summed E-state index contributed by atoms with van der Waals surface area (Å²) in [6, 6.07) is 8.46. The summed E-state index contributed by atoms with van der Waals surface area (Å²) >= 11 is 0. The molecule has 0 unspecified atom stereocenters. The van der Waals surface area contributed by atoms with Crippen molar-refractivity contribution in [3.63, 3.8) is 0 Å². The molecule has 90 valence electrons. The van der Waals surface area contributed by atoms with Gasteiger partial charge in [0, 0.05) is 0 Å². The highest BCUT2D eigenvalue weighted by Gasteiger charge is 2.02. The van der Waals surface area contributed by atoms with Gasteiger partial charge >= 0.3 is 0 Å². The molecule has 1 aromatic carbocycles. The summed E-state index contributed by atoms with van der Waals surface area (Å²) in [6.07, 6.45) is 12.2. The van der Waals surface area contributed by atoms with Crippen LogP contribution in [0.25, 0.3) is 6.08 Å². The van der Waals surface area contributed by atoms with Crippen LogP contribution >= 0.6 is 0 Å². The van der Waals surface area contributed by atoms with E-state index in [1.165, 1.54) is 29.5 Å². The van der Waals surface area contributed by atoms with E-state index in [9.17, 15) is 0 Å². The Bertz CT molecular complexity index is 408. The van der Waals surface area contributed by atoms with E-state index in [1.807, 2.05) is 19.9 Å². The van der Waals surface area contributed by atoms with Crippen molar-refractivity contribution in [1.29, 1.82) is 0 Å². The van der Waals surface area contributed by atoms with E-state index in [-0.39, 0.29) is 0 Å². The number of hydrogen-bond donors (Lipinski definition) is 0. The molecular formula is C17H22. The quantitative estimate of drug-likeness (QED) is 0.666. The van der Waals surface area contributed by atoms with Crippen LogP contribution in [0, 0.1) is 0 Å². The molecule has 1 aliphatic rings. The fourth-order valence-corrected chi connectivity index (χ4v) is 1.91. The van der Waals surface area contributed by atoms with Gasteiger partial charge in [0.2, 0.25) is 0 Å². The third-order valence-electron chi connectivity index (χ3n) is 2.74. The molecule has 0 heterocycles. The van der Waals surface area contributed by atoms with E-state index >= 15 is 0 Å². The largest absolute Gasteiger partial charge is 0.0985 e. The highest BCUT2D eigenvalue weighted by atomic mass is 14.1. The van der Waals surface area contributed by atoms with E-state index in [0.717, 1.165) is 6.42 Å². The van der Waals surface area contributed by atoms with Crippen molar-refractivity contribution in [2.45, 2.75) is 33.1 Å². The zero-order chi connectivity index (χ0) is 12.5. The first-order chi connectivity index (χ1) is 8.40. The van der Waals surface area contributed by atoms with Crippen molar-refractivity contribution in [1.82, 2.24) is 0 Å². The van der Waals surface area contributed by atoms with E-state index < -0.39 is 0 Å². The van der Waals surface area contributed by atoms with Crippen LogP contribution in [0.15, 0.2) is 54.6 Å². The molecule has 0 spiro atoms. The van der Waals surface area contributed by atoms with Crippen LogP contribution in [0.2, 0.25) is 0 Å². The first-order valence-electron chi connectivity index (χ1n) is 6.46. The van der Waals surface area contributed by atoms with Gasteiger partial charge in [-0.1, -0.05) is 69.0 Å². The van der Waals surface area contributed by atoms with Crippen molar-refractivity contribution in [2.75, 3.05) is 0 Å². The second-order valence-electron chi connectivity index (χ2n) is 3.84. The van der Waals surface area contributed by atoms with Gasteiger partial charge in [-0.05, 0) is 36.0 Å². The van der Waals surface area contributed by atoms with Crippen molar-refractivity contribution in [3.05, 3.63) is 65.8 Å². The Hall–Kier alpha value is -1.56. The molecule has 0 heteroatoms. The minimum atomic E-state index is 1.03. The molecule has 0 nitrogen and oxygen atoms in total. The van der Waals surface area contributed by atoms with E-state index in [0.29, 0.717) is 0 Å². The molecule has 0 radical (unpaired) electrons. The number of benzene rings is 1. The van der Waals surface area contributed by atoms with Crippen molar-refractivity contribution in [2.24, 2.45) is 0 Å². The van der Waals surface area contributed by atoms with Crippen LogP contribution in [-0.4, -0.2) is 0 Å². The number of allylic oxidation sites excluding steroid dienone is 4. The fraction of sp³-hybridized carbons (Fsp3) is 0.294. The van der Waals surface area contributed by atoms with Crippen LogP contribution in [0.1, 0.15) is 37.8 Å². The second kappa shape index (κ2) is 7.67. The van der Waals surface area contributed by atoms with Crippen LogP contribution in [0.4, 0.5) is 0 Å². The first-order valence-corrected chi connectivity index (χ1v) is 6.46. The van der Waals surface area contributed by atoms with Crippen LogP contribution in [0.5, 0.6) is 0 Å². The van der Waals surface area contributed by atoms with E-state index in [4.69, 9.17) is 0 Å². The summed E-state index contributed by atoms with van der Waals surface area (Å²) in [7, 11) is 0. The van der Waals surface area contributed by atoms with Gasteiger partial charge in [0.25, 0.3) is 0 Å². The molecule has 0 fully saturated rings. The number of hydrogen-bond acceptors (Lipinski definition) is 0. The van der Waals surface area contributed by atoms with Crippen molar-refractivity contribution < 1.29 is 0 Å². The molecule has 0 aromatic heterocycles. The lowest BCUT2D eigenvalue weighted by Gasteiger charge is -2.09. The van der Waals surface area contributed by atoms with Crippen LogP contribution in [0.3, 0.4) is 0 Å². The van der Waals surface area contributed by atoms with Gasteiger partial charge in [-0.15, -0.1) is 0 Å². The summed E-state index contributed by atoms with van der Waals surface area (Å²) in [6.45, 7) is 7.85. The molecule has 0 N–H and O–H groups in total. The van der Waals surface area contributed by atoms with Crippen LogP contribution in [-0.2, 0) is 6.42 Å². The predicted octanol–water partition coefficient (Wildman–Crippen LogP) is 5.17. The third kappa shape index (κ3) is 4.07. The fourth-order valence-electron chi connectivity index (χ4n) is 1.91. The minimum Gasteiger partial charge on any atom is -0.0985 e. The highest BCUT2D eigenvalue weighted by Crippen LogP contribution is 2.18. The summed E-state index contributed by atoms with van der Waals surface area (Å²) in [4.78, 5) is 0. The van der Waals surface area contributed by atoms with Gasteiger partial charge in [-0.2, -0.15) is 0 Å². The maximum atomic E-state index is 3.85. The average molecular weight is 226 g/mol. The predicted molar refractivity (Wildman–Crippen MR) is 78.0 cm³/mol. The molecule has 0 saturated heterocycles. The molecule has 0 atom stereocenters. The third-order valence-corrected chi connectivity index (χ3v) is 2.74. The minimum absolute atomic E-state index is 1.03. The Labute approximate surface area is 105 Å².